The van der Waals surface area contributed by atoms with Gasteiger partial charge in [0.25, 0.3) is 0 Å². The van der Waals surface area contributed by atoms with Crippen LogP contribution in [0.5, 0.6) is 0 Å². The molecule has 1 aliphatic rings. The molecule has 0 amide bonds. The SMILES string of the molecule is CNCC(c1cc(C(C)(C)O)c(Cl)c(-c2cccc(Cl)c2Cl)n1)C1C=CC=CC1. The van der Waals surface area contributed by atoms with Gasteiger partial charge in [-0.05, 0) is 45.4 Å². The van der Waals surface area contributed by atoms with Crippen LogP contribution in [0.15, 0.2) is 48.6 Å². The van der Waals surface area contributed by atoms with E-state index in [1.54, 1.807) is 19.9 Å². The van der Waals surface area contributed by atoms with Crippen LogP contribution < -0.4 is 5.32 Å². The largest absolute Gasteiger partial charge is 0.386 e. The van der Waals surface area contributed by atoms with Crippen LogP contribution in [0.1, 0.15) is 37.4 Å². The standard InChI is InChI=1S/C23H25Cl3N2O/c1-23(2,29)17-12-19(16(13-27-3)14-8-5-4-6-9-14)28-22(21(17)26)15-10-7-11-18(24)20(15)25/h4-8,10-12,14,16,27,29H,9,13H2,1-3H3. The number of aliphatic hydroxyl groups is 1. The highest BCUT2D eigenvalue weighted by atomic mass is 35.5. The van der Waals surface area contributed by atoms with Gasteiger partial charge in [-0.25, -0.2) is 0 Å². The topological polar surface area (TPSA) is 45.1 Å². The number of benzene rings is 1. The summed E-state index contributed by atoms with van der Waals surface area (Å²) in [6.45, 7) is 4.18. The maximum atomic E-state index is 10.8. The Labute approximate surface area is 187 Å². The number of nitrogens with one attached hydrogen (secondary N) is 1. The number of likely N-dealkylation sites (N-methyl/N-ethyl adjacent to an activating group) is 1. The van der Waals surface area contributed by atoms with Gasteiger partial charge in [0.05, 0.1) is 26.4 Å². The molecule has 1 aliphatic carbocycles. The lowest BCUT2D eigenvalue weighted by Gasteiger charge is -2.28. The Bertz CT molecular complexity index is 948. The number of aromatic nitrogens is 1. The van der Waals surface area contributed by atoms with E-state index < -0.39 is 5.60 Å². The zero-order chi connectivity index (χ0) is 21.2. The van der Waals surface area contributed by atoms with Crippen LogP contribution in [0.25, 0.3) is 11.3 Å². The molecule has 2 atom stereocenters. The monoisotopic (exact) mass is 450 g/mol. The number of allylic oxidation sites excluding steroid dienone is 4. The molecule has 1 aromatic carbocycles. The van der Waals surface area contributed by atoms with Crippen LogP contribution in [0, 0.1) is 5.92 Å². The van der Waals surface area contributed by atoms with Crippen molar-refractivity contribution in [2.24, 2.45) is 5.92 Å². The van der Waals surface area contributed by atoms with Crippen molar-refractivity contribution in [2.45, 2.75) is 31.8 Å². The maximum absolute atomic E-state index is 10.8. The summed E-state index contributed by atoms with van der Waals surface area (Å²) in [7, 11) is 1.93. The van der Waals surface area contributed by atoms with Gasteiger partial charge in [-0.1, -0.05) is 71.2 Å². The lowest BCUT2D eigenvalue weighted by molar-refractivity contribution is 0.0785. The average molecular weight is 452 g/mol. The predicted octanol–water partition coefficient (Wildman–Crippen LogP) is 6.37. The number of nitrogens with zero attached hydrogens (tertiary/aromatic N) is 1. The Morgan fingerprint density at radius 1 is 1.21 bits per heavy atom. The number of halogens is 3. The second kappa shape index (κ2) is 9.20. The minimum atomic E-state index is -1.14. The Balaban J connectivity index is 2.23. The number of hydrogen-bond donors (Lipinski definition) is 2. The smallest absolute Gasteiger partial charge is 0.0911 e. The minimum Gasteiger partial charge on any atom is -0.386 e. The van der Waals surface area contributed by atoms with Gasteiger partial charge in [-0.2, -0.15) is 0 Å². The molecule has 154 valence electrons. The Hall–Kier alpha value is -1.36. The fraction of sp³-hybridized carbons (Fsp3) is 0.348. The first-order valence-electron chi connectivity index (χ1n) is 9.59. The molecule has 2 aromatic rings. The quantitative estimate of drug-likeness (QED) is 0.536. The lowest BCUT2D eigenvalue weighted by Crippen LogP contribution is -2.26. The van der Waals surface area contributed by atoms with Crippen LogP contribution in [0.3, 0.4) is 0 Å². The summed E-state index contributed by atoms with van der Waals surface area (Å²) >= 11 is 19.4. The average Bonchev–Trinajstić information content (AvgIpc) is 2.69. The first-order chi connectivity index (χ1) is 13.7. The van der Waals surface area contributed by atoms with E-state index in [9.17, 15) is 5.11 Å². The van der Waals surface area contributed by atoms with E-state index in [1.807, 2.05) is 25.2 Å². The van der Waals surface area contributed by atoms with E-state index in [0.717, 1.165) is 18.7 Å². The zero-order valence-electron chi connectivity index (χ0n) is 16.7. The Morgan fingerprint density at radius 3 is 2.59 bits per heavy atom. The van der Waals surface area contributed by atoms with Gasteiger partial charge < -0.3 is 10.4 Å². The molecule has 2 unspecified atom stereocenters. The fourth-order valence-corrected chi connectivity index (χ4v) is 4.46. The van der Waals surface area contributed by atoms with Gasteiger partial charge >= 0.3 is 0 Å². The van der Waals surface area contributed by atoms with Crippen molar-refractivity contribution in [1.29, 1.82) is 0 Å². The fourth-order valence-electron chi connectivity index (χ4n) is 3.64. The van der Waals surface area contributed by atoms with Crippen LogP contribution in [0.2, 0.25) is 15.1 Å². The molecule has 29 heavy (non-hydrogen) atoms. The second-order valence-corrected chi connectivity index (χ2v) is 8.96. The second-order valence-electron chi connectivity index (χ2n) is 7.79. The molecule has 1 aromatic heterocycles. The summed E-state index contributed by atoms with van der Waals surface area (Å²) in [5, 5.41) is 15.3. The van der Waals surface area contributed by atoms with E-state index in [2.05, 4.69) is 29.6 Å². The van der Waals surface area contributed by atoms with Crippen molar-refractivity contribution in [3.8, 4) is 11.3 Å². The third kappa shape index (κ3) is 4.87. The van der Waals surface area contributed by atoms with Gasteiger partial charge in [0, 0.05) is 29.3 Å². The summed E-state index contributed by atoms with van der Waals surface area (Å²) in [4.78, 5) is 4.93. The normalized spacial score (nSPS) is 17.6. The summed E-state index contributed by atoms with van der Waals surface area (Å²) in [6, 6.07) is 7.30. The zero-order valence-corrected chi connectivity index (χ0v) is 19.0. The molecule has 0 saturated heterocycles. The van der Waals surface area contributed by atoms with Crippen molar-refractivity contribution in [3.63, 3.8) is 0 Å². The van der Waals surface area contributed by atoms with Crippen molar-refractivity contribution in [2.75, 3.05) is 13.6 Å². The van der Waals surface area contributed by atoms with Gasteiger partial charge in [0.15, 0.2) is 0 Å². The first-order valence-corrected chi connectivity index (χ1v) is 10.7. The summed E-state index contributed by atoms with van der Waals surface area (Å²) < 4.78 is 0. The van der Waals surface area contributed by atoms with E-state index in [-0.39, 0.29) is 5.92 Å². The van der Waals surface area contributed by atoms with E-state index in [1.165, 1.54) is 0 Å². The minimum absolute atomic E-state index is 0.108. The maximum Gasteiger partial charge on any atom is 0.0911 e. The third-order valence-corrected chi connectivity index (χ3v) is 6.38. The first kappa shape index (κ1) is 22.3. The van der Waals surface area contributed by atoms with Crippen molar-refractivity contribution >= 4 is 34.8 Å². The van der Waals surface area contributed by atoms with E-state index >= 15 is 0 Å². The molecule has 2 N–H and O–H groups in total. The van der Waals surface area contributed by atoms with Gasteiger partial charge in [-0.15, -0.1) is 0 Å². The van der Waals surface area contributed by atoms with Crippen molar-refractivity contribution in [3.05, 3.63) is 74.9 Å². The summed E-state index contributed by atoms with van der Waals surface area (Å²) in [5.74, 6) is 0.398. The molecular formula is C23H25Cl3N2O. The molecule has 1 heterocycles. The molecule has 0 spiro atoms. The molecule has 3 nitrogen and oxygen atoms in total. The molecule has 0 fully saturated rings. The lowest BCUT2D eigenvalue weighted by atomic mass is 9.83. The highest BCUT2D eigenvalue weighted by Crippen LogP contribution is 2.42. The van der Waals surface area contributed by atoms with E-state index in [0.29, 0.717) is 37.8 Å². The molecule has 0 aliphatic heterocycles. The molecule has 3 rings (SSSR count). The van der Waals surface area contributed by atoms with E-state index in [4.69, 9.17) is 39.8 Å². The predicted molar refractivity (Wildman–Crippen MR) is 123 cm³/mol. The van der Waals surface area contributed by atoms with Gasteiger partial charge in [-0.3, -0.25) is 4.98 Å². The molecule has 6 heteroatoms. The van der Waals surface area contributed by atoms with Crippen LogP contribution in [-0.2, 0) is 5.60 Å². The molecule has 0 bridgehead atoms. The molecular weight excluding hydrogens is 427 g/mol. The number of pyridine rings is 1. The van der Waals surface area contributed by atoms with Crippen molar-refractivity contribution in [1.82, 2.24) is 10.3 Å². The Kier molecular flexibility index (Phi) is 7.08. The van der Waals surface area contributed by atoms with Crippen LogP contribution >= 0.6 is 34.8 Å². The van der Waals surface area contributed by atoms with Gasteiger partial charge in [0.2, 0.25) is 0 Å². The Morgan fingerprint density at radius 2 is 1.97 bits per heavy atom. The molecule has 0 saturated carbocycles. The van der Waals surface area contributed by atoms with Crippen LogP contribution in [-0.4, -0.2) is 23.7 Å². The summed E-state index contributed by atoms with van der Waals surface area (Å²) in [6.07, 6.45) is 9.42. The molecule has 0 radical (unpaired) electrons. The summed E-state index contributed by atoms with van der Waals surface area (Å²) in [5.41, 5.74) is 1.52. The van der Waals surface area contributed by atoms with Crippen molar-refractivity contribution < 1.29 is 5.11 Å². The van der Waals surface area contributed by atoms with Crippen LogP contribution in [0.4, 0.5) is 0 Å². The number of rotatable bonds is 6. The number of hydrogen-bond acceptors (Lipinski definition) is 3. The van der Waals surface area contributed by atoms with Gasteiger partial charge in [0.1, 0.15) is 0 Å². The highest BCUT2D eigenvalue weighted by molar-refractivity contribution is 6.44. The highest BCUT2D eigenvalue weighted by Gasteiger charge is 2.29. The third-order valence-electron chi connectivity index (χ3n) is 5.18.